The first kappa shape index (κ1) is 27.9. The summed E-state index contributed by atoms with van der Waals surface area (Å²) >= 11 is 0. The molecule has 1 saturated carbocycles. The van der Waals surface area contributed by atoms with Crippen molar-refractivity contribution in [2.75, 3.05) is 20.6 Å². The average Bonchev–Trinajstić information content (AvgIpc) is 2.85. The molecule has 2 aliphatic rings. The van der Waals surface area contributed by atoms with Gasteiger partial charge in [-0.25, -0.2) is 17.2 Å². The maximum Gasteiger partial charge on any atom is 3.00 e. The number of nitrogens with zero attached hydrogens (tertiary/aromatic N) is 1. The van der Waals surface area contributed by atoms with Gasteiger partial charge >= 0.3 is 21.7 Å². The van der Waals surface area contributed by atoms with E-state index in [1.54, 1.807) is 16.7 Å². The molecule has 1 unspecified atom stereocenters. The van der Waals surface area contributed by atoms with Gasteiger partial charge in [0.05, 0.1) is 0 Å². The van der Waals surface area contributed by atoms with E-state index in [-0.39, 0.29) is 46.5 Å². The molecule has 0 aromatic rings. The standard InChI is InChI=1S/C21H36N.2ClH.Ti/c1-15(2)19-14-20(17-10-8-7-9-11-17)21(16(3)4)18(19)12-13-22(5)6;;;/h15-17,21H,7-13H2,1-6H3;2*1H;/q-1;;;+3/p-2. The largest absolute Gasteiger partial charge is 3.00 e. The maximum atomic E-state index is 3.94. The van der Waals surface area contributed by atoms with Crippen LogP contribution in [-0.4, -0.2) is 25.5 Å². The van der Waals surface area contributed by atoms with Crippen molar-refractivity contribution in [2.45, 2.75) is 66.2 Å². The van der Waals surface area contributed by atoms with Crippen molar-refractivity contribution < 1.29 is 46.5 Å². The zero-order valence-corrected chi connectivity index (χ0v) is 20.0. The number of hydrogen-bond donors (Lipinski definition) is 0. The Balaban J connectivity index is 0. The Morgan fingerprint density at radius 2 is 1.56 bits per heavy atom. The molecule has 0 spiro atoms. The average molecular weight is 421 g/mol. The van der Waals surface area contributed by atoms with Crippen LogP contribution in [-0.2, 0) is 21.7 Å². The molecule has 0 amide bonds. The number of rotatable bonds is 6. The predicted molar refractivity (Wildman–Crippen MR) is 96.7 cm³/mol. The van der Waals surface area contributed by atoms with E-state index in [4.69, 9.17) is 0 Å². The molecule has 25 heavy (non-hydrogen) atoms. The number of hydrogen-bond acceptors (Lipinski definition) is 1. The van der Waals surface area contributed by atoms with Gasteiger partial charge in [0.2, 0.25) is 0 Å². The maximum absolute atomic E-state index is 3.94. The van der Waals surface area contributed by atoms with Crippen molar-refractivity contribution in [3.8, 4) is 0 Å². The van der Waals surface area contributed by atoms with Crippen LogP contribution in [0.15, 0.2) is 16.7 Å². The van der Waals surface area contributed by atoms with Crippen molar-refractivity contribution >= 4 is 0 Å². The zero-order valence-electron chi connectivity index (χ0n) is 17.0. The summed E-state index contributed by atoms with van der Waals surface area (Å²) in [5.41, 5.74) is 4.92. The van der Waals surface area contributed by atoms with Crippen LogP contribution < -0.4 is 24.8 Å². The first-order valence-corrected chi connectivity index (χ1v) is 9.43. The third-order valence-corrected chi connectivity index (χ3v) is 5.45. The van der Waals surface area contributed by atoms with Gasteiger partial charge in [-0.15, -0.1) is 0 Å². The summed E-state index contributed by atoms with van der Waals surface area (Å²) in [7, 11) is 4.38. The quantitative estimate of drug-likeness (QED) is 0.413. The van der Waals surface area contributed by atoms with E-state index in [0.29, 0.717) is 17.8 Å². The Hall–Kier alpha value is 0.734. The zero-order chi connectivity index (χ0) is 16.3. The van der Waals surface area contributed by atoms with Crippen molar-refractivity contribution in [1.29, 1.82) is 0 Å². The molecule has 143 valence electrons. The van der Waals surface area contributed by atoms with Gasteiger partial charge in [0, 0.05) is 0 Å². The van der Waals surface area contributed by atoms with Crippen LogP contribution in [0.5, 0.6) is 0 Å². The minimum atomic E-state index is 0. The molecule has 0 aliphatic heterocycles. The van der Waals surface area contributed by atoms with Crippen molar-refractivity contribution in [2.24, 2.45) is 23.7 Å². The van der Waals surface area contributed by atoms with Crippen LogP contribution in [0, 0.1) is 29.7 Å². The van der Waals surface area contributed by atoms with E-state index in [0.717, 1.165) is 12.5 Å². The Morgan fingerprint density at radius 3 is 2.00 bits per heavy atom. The van der Waals surface area contributed by atoms with Crippen LogP contribution in [0.4, 0.5) is 0 Å². The SMILES string of the molecule is CC(C)C1=C(CCN(C)C)C(C(C)C)C(C2CCCCC2)=[C-]1.[Cl-].[Cl-].[Ti+3]. The molecule has 0 N–H and O–H groups in total. The molecule has 0 bridgehead atoms. The molecule has 1 fully saturated rings. The van der Waals surface area contributed by atoms with Gasteiger partial charge in [0.1, 0.15) is 0 Å². The van der Waals surface area contributed by atoms with E-state index in [2.05, 4.69) is 52.8 Å². The molecular formula is C21H36Cl2NTi. The van der Waals surface area contributed by atoms with Gasteiger partial charge in [-0.2, -0.15) is 5.57 Å². The molecule has 2 aliphatic carbocycles. The minimum Gasteiger partial charge on any atom is -1.00 e. The summed E-state index contributed by atoms with van der Waals surface area (Å²) < 4.78 is 0. The van der Waals surface area contributed by atoms with Crippen LogP contribution in [0.3, 0.4) is 0 Å². The molecule has 1 nitrogen and oxygen atoms in total. The van der Waals surface area contributed by atoms with Gasteiger partial charge in [0.15, 0.2) is 0 Å². The summed E-state index contributed by atoms with van der Waals surface area (Å²) in [5, 5.41) is 0. The van der Waals surface area contributed by atoms with Crippen molar-refractivity contribution in [1.82, 2.24) is 4.90 Å². The third kappa shape index (κ3) is 7.34. The normalized spacial score (nSPS) is 21.2. The number of allylic oxidation sites excluding steroid dienone is 3. The summed E-state index contributed by atoms with van der Waals surface area (Å²) in [6, 6.07) is 0. The van der Waals surface area contributed by atoms with Gasteiger partial charge < -0.3 is 29.7 Å². The second-order valence-electron chi connectivity index (χ2n) is 8.28. The summed E-state index contributed by atoms with van der Waals surface area (Å²) in [6.07, 6.45) is 12.2. The summed E-state index contributed by atoms with van der Waals surface area (Å²) in [6.45, 7) is 10.7. The monoisotopic (exact) mass is 420 g/mol. The smallest absolute Gasteiger partial charge is 1.00 e. The Labute approximate surface area is 184 Å². The molecule has 0 saturated heterocycles. The molecule has 1 radical (unpaired) electrons. The Morgan fingerprint density at radius 1 is 1.00 bits per heavy atom. The van der Waals surface area contributed by atoms with Crippen LogP contribution >= 0.6 is 0 Å². The molecular weight excluding hydrogens is 385 g/mol. The van der Waals surface area contributed by atoms with Gasteiger partial charge in [0.25, 0.3) is 0 Å². The molecule has 2 rings (SSSR count). The minimum absolute atomic E-state index is 0. The van der Waals surface area contributed by atoms with E-state index >= 15 is 0 Å². The fraction of sp³-hybridized carbons (Fsp3) is 0.810. The fourth-order valence-electron chi connectivity index (χ4n) is 4.35. The Kier molecular flexibility index (Phi) is 14.5. The van der Waals surface area contributed by atoms with Gasteiger partial charge in [-0.1, -0.05) is 71.1 Å². The van der Waals surface area contributed by atoms with E-state index < -0.39 is 0 Å². The summed E-state index contributed by atoms with van der Waals surface area (Å²) in [5.74, 6) is 2.80. The first-order chi connectivity index (χ1) is 10.4. The predicted octanol–water partition coefficient (Wildman–Crippen LogP) is -0.508. The van der Waals surface area contributed by atoms with Crippen molar-refractivity contribution in [3.63, 3.8) is 0 Å². The van der Waals surface area contributed by atoms with Crippen LogP contribution in [0.2, 0.25) is 0 Å². The van der Waals surface area contributed by atoms with Crippen LogP contribution in [0.1, 0.15) is 66.2 Å². The number of halogens is 2. The van der Waals surface area contributed by atoms with Gasteiger partial charge in [-0.3, -0.25) is 0 Å². The topological polar surface area (TPSA) is 3.24 Å². The molecule has 0 aromatic heterocycles. The molecule has 0 heterocycles. The third-order valence-electron chi connectivity index (χ3n) is 5.45. The molecule has 4 heteroatoms. The Bertz CT molecular complexity index is 435. The second-order valence-corrected chi connectivity index (χ2v) is 8.28. The summed E-state index contributed by atoms with van der Waals surface area (Å²) in [4.78, 5) is 2.32. The second kappa shape index (κ2) is 13.0. The molecule has 0 aromatic carbocycles. The fourth-order valence-corrected chi connectivity index (χ4v) is 4.35. The first-order valence-electron chi connectivity index (χ1n) is 9.43. The molecule has 1 atom stereocenters. The van der Waals surface area contributed by atoms with E-state index in [1.807, 2.05) is 0 Å². The van der Waals surface area contributed by atoms with Crippen molar-refractivity contribution in [3.05, 3.63) is 22.8 Å². The van der Waals surface area contributed by atoms with E-state index in [1.165, 1.54) is 38.5 Å². The van der Waals surface area contributed by atoms with Gasteiger partial charge in [-0.05, 0) is 39.4 Å². The van der Waals surface area contributed by atoms with E-state index in [9.17, 15) is 0 Å². The van der Waals surface area contributed by atoms with Crippen LogP contribution in [0.25, 0.3) is 0 Å².